The van der Waals surface area contributed by atoms with Gasteiger partial charge in [0.1, 0.15) is 0 Å². The Bertz CT molecular complexity index is 1250. The average Bonchev–Trinajstić information content (AvgIpc) is 3.21. The predicted molar refractivity (Wildman–Crippen MR) is 131 cm³/mol. The van der Waals surface area contributed by atoms with Crippen LogP contribution < -0.4 is 10.7 Å². The number of benzene rings is 2. The minimum atomic E-state index is -0.192. The molecule has 0 atom stereocenters. The van der Waals surface area contributed by atoms with E-state index in [0.717, 1.165) is 33.8 Å². The molecule has 0 spiro atoms. The molecule has 0 saturated carbocycles. The van der Waals surface area contributed by atoms with Gasteiger partial charge in [0, 0.05) is 17.0 Å². The third kappa shape index (κ3) is 4.68. The third-order valence-electron chi connectivity index (χ3n) is 5.09. The maximum absolute atomic E-state index is 12.6. The van der Waals surface area contributed by atoms with Gasteiger partial charge in [-0.3, -0.25) is 19.7 Å². The van der Waals surface area contributed by atoms with Crippen molar-refractivity contribution in [3.8, 4) is 0 Å². The Hall–Kier alpha value is -3.58. The van der Waals surface area contributed by atoms with Gasteiger partial charge in [-0.1, -0.05) is 24.3 Å². The van der Waals surface area contributed by atoms with Crippen molar-refractivity contribution in [1.29, 1.82) is 0 Å². The van der Waals surface area contributed by atoms with Crippen LogP contribution in [0.3, 0.4) is 0 Å². The van der Waals surface area contributed by atoms with Gasteiger partial charge in [-0.15, -0.1) is 0 Å². The lowest BCUT2D eigenvalue weighted by Gasteiger charge is -2.11. The maximum Gasteiger partial charge on any atom is 0.270 e. The highest BCUT2D eigenvalue weighted by Crippen LogP contribution is 2.30. The average molecular weight is 445 g/mol. The number of aliphatic imine (C=N–C) groups is 1. The standard InChI is InChI=1S/C25H24N4O2S/c1-15-10-16(2)12-21(11-15)26-25-27-24(31)22(32-25)14-20-13-17(3)29(18(20)4)28-23(30)19-8-6-5-7-9-19/h5-14H,1-4H3,(H,28,30)(H,26,27,31)/b22-14-. The first-order valence-corrected chi connectivity index (χ1v) is 11.0. The van der Waals surface area contributed by atoms with E-state index in [-0.39, 0.29) is 11.8 Å². The Labute approximate surface area is 191 Å². The summed E-state index contributed by atoms with van der Waals surface area (Å²) in [5.74, 6) is -0.376. The largest absolute Gasteiger partial charge is 0.300 e. The van der Waals surface area contributed by atoms with Gasteiger partial charge in [0.05, 0.1) is 10.6 Å². The molecule has 6 nitrogen and oxygen atoms in total. The summed E-state index contributed by atoms with van der Waals surface area (Å²) < 4.78 is 1.74. The Kier molecular flexibility index (Phi) is 6.01. The number of aryl methyl sites for hydroxylation is 3. The molecule has 3 aromatic rings. The van der Waals surface area contributed by atoms with E-state index in [4.69, 9.17) is 0 Å². The summed E-state index contributed by atoms with van der Waals surface area (Å²) in [4.78, 5) is 30.2. The number of thioether (sulfide) groups is 1. The summed E-state index contributed by atoms with van der Waals surface area (Å²) in [7, 11) is 0. The fourth-order valence-electron chi connectivity index (χ4n) is 3.62. The van der Waals surface area contributed by atoms with Crippen LogP contribution in [0.5, 0.6) is 0 Å². The molecule has 162 valence electrons. The third-order valence-corrected chi connectivity index (χ3v) is 6.00. The number of amidine groups is 1. The fourth-order valence-corrected chi connectivity index (χ4v) is 4.45. The maximum atomic E-state index is 12.6. The van der Waals surface area contributed by atoms with Crippen LogP contribution in [0, 0.1) is 27.7 Å². The first-order valence-electron chi connectivity index (χ1n) is 10.2. The van der Waals surface area contributed by atoms with Crippen LogP contribution in [0.2, 0.25) is 0 Å². The van der Waals surface area contributed by atoms with E-state index in [1.54, 1.807) is 16.8 Å². The van der Waals surface area contributed by atoms with Crippen molar-refractivity contribution < 1.29 is 9.59 Å². The summed E-state index contributed by atoms with van der Waals surface area (Å²) in [6, 6.07) is 17.1. The summed E-state index contributed by atoms with van der Waals surface area (Å²) in [5.41, 5.74) is 9.13. The van der Waals surface area contributed by atoms with Gasteiger partial charge in [-0.2, -0.15) is 0 Å². The lowest BCUT2D eigenvalue weighted by atomic mass is 10.1. The highest BCUT2D eigenvalue weighted by molar-refractivity contribution is 8.18. The summed E-state index contributed by atoms with van der Waals surface area (Å²) >= 11 is 1.31. The molecule has 2 N–H and O–H groups in total. The predicted octanol–water partition coefficient (Wildman–Crippen LogP) is 5.00. The molecule has 32 heavy (non-hydrogen) atoms. The monoisotopic (exact) mass is 444 g/mol. The minimum Gasteiger partial charge on any atom is -0.300 e. The second kappa shape index (κ2) is 8.88. The molecule has 0 radical (unpaired) electrons. The van der Waals surface area contributed by atoms with Gasteiger partial charge >= 0.3 is 0 Å². The van der Waals surface area contributed by atoms with Crippen LogP contribution in [0.4, 0.5) is 5.69 Å². The van der Waals surface area contributed by atoms with Gasteiger partial charge < -0.3 is 5.32 Å². The van der Waals surface area contributed by atoms with Crippen molar-refractivity contribution in [2.75, 3.05) is 5.43 Å². The molecule has 1 fully saturated rings. The number of nitrogens with one attached hydrogen (secondary N) is 2. The van der Waals surface area contributed by atoms with Gasteiger partial charge in [0.25, 0.3) is 11.8 Å². The van der Waals surface area contributed by atoms with E-state index >= 15 is 0 Å². The van der Waals surface area contributed by atoms with E-state index in [1.807, 2.05) is 70.2 Å². The van der Waals surface area contributed by atoms with Crippen LogP contribution in [0.25, 0.3) is 6.08 Å². The summed E-state index contributed by atoms with van der Waals surface area (Å²) in [5, 5.41) is 3.39. The Morgan fingerprint density at radius 1 is 1.03 bits per heavy atom. The lowest BCUT2D eigenvalue weighted by Crippen LogP contribution is -2.24. The zero-order chi connectivity index (χ0) is 22.8. The van der Waals surface area contributed by atoms with Crippen molar-refractivity contribution in [3.05, 3.63) is 93.1 Å². The van der Waals surface area contributed by atoms with Crippen molar-refractivity contribution in [2.45, 2.75) is 27.7 Å². The van der Waals surface area contributed by atoms with Crippen molar-refractivity contribution in [1.82, 2.24) is 9.99 Å². The van der Waals surface area contributed by atoms with E-state index in [1.165, 1.54) is 11.8 Å². The molecule has 1 aliphatic heterocycles. The van der Waals surface area contributed by atoms with E-state index in [2.05, 4.69) is 21.8 Å². The van der Waals surface area contributed by atoms with Crippen LogP contribution in [-0.2, 0) is 4.79 Å². The Balaban J connectivity index is 1.56. The number of hydrogen-bond acceptors (Lipinski definition) is 4. The molecule has 7 heteroatoms. The van der Waals surface area contributed by atoms with Crippen molar-refractivity contribution in [3.63, 3.8) is 0 Å². The van der Waals surface area contributed by atoms with Crippen LogP contribution in [0.1, 0.15) is 38.4 Å². The number of nitrogens with zero attached hydrogens (tertiary/aromatic N) is 2. The van der Waals surface area contributed by atoms with Crippen LogP contribution in [0.15, 0.2) is 64.5 Å². The molecule has 1 saturated heterocycles. The van der Waals surface area contributed by atoms with E-state index in [9.17, 15) is 9.59 Å². The Morgan fingerprint density at radius 2 is 1.72 bits per heavy atom. The summed E-state index contributed by atoms with van der Waals surface area (Å²) in [6.07, 6.45) is 1.83. The van der Waals surface area contributed by atoms with Gasteiger partial charge in [-0.05, 0) is 92.6 Å². The molecule has 2 amide bonds. The number of carbonyl (C=O) groups excluding carboxylic acids is 2. The first-order chi connectivity index (χ1) is 15.3. The number of amides is 2. The number of rotatable bonds is 4. The molecule has 1 aliphatic rings. The van der Waals surface area contributed by atoms with Crippen LogP contribution >= 0.6 is 11.8 Å². The molecule has 2 heterocycles. The second-order valence-electron chi connectivity index (χ2n) is 7.80. The quantitative estimate of drug-likeness (QED) is 0.556. The van der Waals surface area contributed by atoms with Gasteiger partial charge in [0.2, 0.25) is 0 Å². The molecular weight excluding hydrogens is 420 g/mol. The molecule has 0 aliphatic carbocycles. The van der Waals surface area contributed by atoms with E-state index in [0.29, 0.717) is 15.6 Å². The molecular formula is C25H24N4O2S. The van der Waals surface area contributed by atoms with Crippen molar-refractivity contribution >= 4 is 40.5 Å². The SMILES string of the molecule is Cc1cc(C)cc(N=C2NC(=O)/C(=C/c3cc(C)n(NC(=O)c4ccccc4)c3C)S2)c1. The topological polar surface area (TPSA) is 75.5 Å². The van der Waals surface area contributed by atoms with E-state index < -0.39 is 0 Å². The number of aromatic nitrogens is 1. The summed E-state index contributed by atoms with van der Waals surface area (Å²) in [6.45, 7) is 7.87. The fraction of sp³-hybridized carbons (Fsp3) is 0.160. The lowest BCUT2D eigenvalue weighted by molar-refractivity contribution is -0.115. The molecule has 4 rings (SSSR count). The van der Waals surface area contributed by atoms with Crippen molar-refractivity contribution in [2.24, 2.45) is 4.99 Å². The molecule has 0 bridgehead atoms. The smallest absolute Gasteiger partial charge is 0.270 e. The number of carbonyl (C=O) groups is 2. The first kappa shape index (κ1) is 21.6. The van der Waals surface area contributed by atoms with Crippen LogP contribution in [-0.4, -0.2) is 21.7 Å². The molecule has 2 aromatic carbocycles. The Morgan fingerprint density at radius 3 is 2.41 bits per heavy atom. The highest BCUT2D eigenvalue weighted by Gasteiger charge is 2.24. The molecule has 0 unspecified atom stereocenters. The molecule has 1 aromatic heterocycles. The van der Waals surface area contributed by atoms with Gasteiger partial charge in [-0.25, -0.2) is 4.99 Å². The normalized spacial score (nSPS) is 15.9. The highest BCUT2D eigenvalue weighted by atomic mass is 32.2. The van der Waals surface area contributed by atoms with Gasteiger partial charge in [0.15, 0.2) is 5.17 Å². The number of hydrogen-bond donors (Lipinski definition) is 2. The second-order valence-corrected chi connectivity index (χ2v) is 8.83. The zero-order valence-corrected chi connectivity index (χ0v) is 19.2. The minimum absolute atomic E-state index is 0.184. The zero-order valence-electron chi connectivity index (χ0n) is 18.4.